The number of benzene rings is 2. The third-order valence-electron chi connectivity index (χ3n) is 6.35. The summed E-state index contributed by atoms with van der Waals surface area (Å²) in [6.07, 6.45) is 0. The maximum atomic E-state index is 13.2. The molecule has 0 unspecified atom stereocenters. The molecule has 0 saturated carbocycles. The van der Waals surface area contributed by atoms with Gasteiger partial charge in [0.25, 0.3) is 0 Å². The lowest BCUT2D eigenvalue weighted by Crippen LogP contribution is -2.48. The van der Waals surface area contributed by atoms with Crippen molar-refractivity contribution in [3.05, 3.63) is 60.1 Å². The van der Waals surface area contributed by atoms with Crippen molar-refractivity contribution in [1.29, 1.82) is 0 Å². The number of piperazine rings is 1. The van der Waals surface area contributed by atoms with Crippen LogP contribution in [0, 0.1) is 5.82 Å². The number of aromatic nitrogens is 1. The molecule has 0 aliphatic carbocycles. The largest absolute Gasteiger partial charge is 0.454 e. The van der Waals surface area contributed by atoms with Crippen molar-refractivity contribution in [2.75, 3.05) is 57.5 Å². The van der Waals surface area contributed by atoms with Gasteiger partial charge in [0.15, 0.2) is 17.3 Å². The van der Waals surface area contributed by atoms with Gasteiger partial charge in [-0.05, 0) is 49.0 Å². The Morgan fingerprint density at radius 1 is 0.970 bits per heavy atom. The summed E-state index contributed by atoms with van der Waals surface area (Å²) in [7, 11) is 0. The average molecular weight is 453 g/mol. The zero-order valence-electron chi connectivity index (χ0n) is 18.9. The maximum absolute atomic E-state index is 13.2. The summed E-state index contributed by atoms with van der Waals surface area (Å²) in [5.41, 5.74) is 2.85. The lowest BCUT2D eigenvalue weighted by molar-refractivity contribution is 0.174. The van der Waals surface area contributed by atoms with Crippen molar-refractivity contribution in [2.24, 2.45) is 0 Å². The van der Waals surface area contributed by atoms with Crippen molar-refractivity contribution < 1.29 is 18.4 Å². The molecule has 1 aromatic heterocycles. The van der Waals surface area contributed by atoms with Crippen LogP contribution in [-0.2, 0) is 6.54 Å². The number of nitrogens with zero attached hydrogens (tertiary/aromatic N) is 4. The van der Waals surface area contributed by atoms with Crippen LogP contribution in [0.25, 0.3) is 11.3 Å². The Labute approximate surface area is 193 Å². The summed E-state index contributed by atoms with van der Waals surface area (Å²) in [5.74, 6) is 2.17. The first-order valence-corrected chi connectivity index (χ1v) is 11.5. The monoisotopic (exact) mass is 452 g/mol. The molecule has 2 aliphatic heterocycles. The average Bonchev–Trinajstić information content (AvgIpc) is 3.51. The van der Waals surface area contributed by atoms with E-state index in [0.29, 0.717) is 0 Å². The molecular weight excluding hydrogens is 423 g/mol. The SMILES string of the molecule is CCN(CCN1CCN(c2ccc(F)cc2)CC1)Cc1cc(-c2ccc3c(c2)OCO3)no1. The smallest absolute Gasteiger partial charge is 0.231 e. The van der Waals surface area contributed by atoms with Crippen molar-refractivity contribution in [1.82, 2.24) is 15.0 Å². The van der Waals surface area contributed by atoms with Gasteiger partial charge in [0.2, 0.25) is 6.79 Å². The van der Waals surface area contributed by atoms with Gasteiger partial charge in [-0.25, -0.2) is 4.39 Å². The first kappa shape index (κ1) is 21.7. The molecule has 8 heteroatoms. The Balaban J connectivity index is 1.11. The van der Waals surface area contributed by atoms with Gasteiger partial charge in [-0.3, -0.25) is 9.80 Å². The molecule has 0 bridgehead atoms. The highest BCUT2D eigenvalue weighted by Crippen LogP contribution is 2.35. The first-order valence-electron chi connectivity index (χ1n) is 11.5. The van der Waals surface area contributed by atoms with Gasteiger partial charge >= 0.3 is 0 Å². The van der Waals surface area contributed by atoms with Gasteiger partial charge in [-0.2, -0.15) is 0 Å². The van der Waals surface area contributed by atoms with E-state index in [4.69, 9.17) is 14.0 Å². The molecule has 1 saturated heterocycles. The molecule has 3 aromatic rings. The van der Waals surface area contributed by atoms with E-state index >= 15 is 0 Å². The third-order valence-corrected chi connectivity index (χ3v) is 6.35. The first-order chi connectivity index (χ1) is 16.2. The number of rotatable bonds is 8. The van der Waals surface area contributed by atoms with Crippen molar-refractivity contribution in [2.45, 2.75) is 13.5 Å². The molecule has 0 N–H and O–H groups in total. The summed E-state index contributed by atoms with van der Waals surface area (Å²) in [6.45, 7) is 9.99. The van der Waals surface area contributed by atoms with Crippen LogP contribution in [0.1, 0.15) is 12.7 Å². The van der Waals surface area contributed by atoms with Gasteiger partial charge in [-0.1, -0.05) is 12.1 Å². The fourth-order valence-electron chi connectivity index (χ4n) is 4.31. The molecule has 3 heterocycles. The maximum Gasteiger partial charge on any atom is 0.231 e. The zero-order valence-corrected chi connectivity index (χ0v) is 18.9. The van der Waals surface area contributed by atoms with Crippen molar-refractivity contribution >= 4 is 5.69 Å². The number of hydrogen-bond acceptors (Lipinski definition) is 7. The molecule has 0 amide bonds. The van der Waals surface area contributed by atoms with Gasteiger partial charge in [-0.15, -0.1) is 0 Å². The van der Waals surface area contributed by atoms with Crippen LogP contribution >= 0.6 is 0 Å². The van der Waals surface area contributed by atoms with Gasteiger partial charge < -0.3 is 18.9 Å². The number of likely N-dealkylation sites (N-methyl/N-ethyl adjacent to an activating group) is 1. The number of halogens is 1. The fourth-order valence-corrected chi connectivity index (χ4v) is 4.31. The second kappa shape index (κ2) is 9.80. The Bertz CT molecular complexity index is 1060. The van der Waals surface area contributed by atoms with E-state index in [-0.39, 0.29) is 12.6 Å². The molecule has 0 spiro atoms. The standard InChI is InChI=1S/C25H29FN4O3/c1-2-28(9-10-29-11-13-30(14-12-29)21-6-4-20(26)5-7-21)17-22-16-23(27-33-22)19-3-8-24-25(15-19)32-18-31-24/h3-8,15-16H,2,9-14,17-18H2,1H3. The van der Waals surface area contributed by atoms with Crippen molar-refractivity contribution in [3.63, 3.8) is 0 Å². The summed E-state index contributed by atoms with van der Waals surface area (Å²) in [5, 5.41) is 4.25. The molecule has 2 aromatic carbocycles. The number of ether oxygens (including phenoxy) is 2. The Hall–Kier alpha value is -3.10. The third kappa shape index (κ3) is 5.12. The summed E-state index contributed by atoms with van der Waals surface area (Å²) in [4.78, 5) is 7.18. The lowest BCUT2D eigenvalue weighted by atomic mass is 10.1. The second-order valence-electron chi connectivity index (χ2n) is 8.42. The van der Waals surface area contributed by atoms with Gasteiger partial charge in [0, 0.05) is 56.6 Å². The highest BCUT2D eigenvalue weighted by molar-refractivity contribution is 5.64. The van der Waals surface area contributed by atoms with Crippen LogP contribution < -0.4 is 14.4 Å². The van der Waals surface area contributed by atoms with Crippen LogP contribution in [0.15, 0.2) is 53.1 Å². The Morgan fingerprint density at radius 3 is 2.55 bits per heavy atom. The highest BCUT2D eigenvalue weighted by Gasteiger charge is 2.19. The van der Waals surface area contributed by atoms with E-state index in [2.05, 4.69) is 26.8 Å². The Kier molecular flexibility index (Phi) is 6.46. The minimum atomic E-state index is -0.188. The topological polar surface area (TPSA) is 54.2 Å². The molecule has 7 nitrogen and oxygen atoms in total. The lowest BCUT2D eigenvalue weighted by Gasteiger charge is -2.36. The van der Waals surface area contributed by atoms with E-state index in [1.54, 1.807) is 0 Å². The van der Waals surface area contributed by atoms with Crippen LogP contribution in [0.4, 0.5) is 10.1 Å². The van der Waals surface area contributed by atoms with Crippen LogP contribution in [-0.4, -0.2) is 67.6 Å². The normalized spacial score (nSPS) is 16.0. The summed E-state index contributed by atoms with van der Waals surface area (Å²) in [6, 6.07) is 14.6. The molecule has 5 rings (SSSR count). The molecule has 33 heavy (non-hydrogen) atoms. The van der Waals surface area contributed by atoms with E-state index in [9.17, 15) is 4.39 Å². The van der Waals surface area contributed by atoms with Crippen LogP contribution in [0.5, 0.6) is 11.5 Å². The molecule has 0 atom stereocenters. The minimum absolute atomic E-state index is 0.188. The van der Waals surface area contributed by atoms with Gasteiger partial charge in [0.05, 0.1) is 6.54 Å². The van der Waals surface area contributed by atoms with E-state index in [1.807, 2.05) is 36.4 Å². The van der Waals surface area contributed by atoms with Gasteiger partial charge in [0.1, 0.15) is 11.5 Å². The van der Waals surface area contributed by atoms with Crippen molar-refractivity contribution in [3.8, 4) is 22.8 Å². The highest BCUT2D eigenvalue weighted by atomic mass is 19.1. The quantitative estimate of drug-likeness (QED) is 0.515. The minimum Gasteiger partial charge on any atom is -0.454 e. The van der Waals surface area contributed by atoms with E-state index < -0.39 is 0 Å². The predicted molar refractivity (Wildman–Crippen MR) is 124 cm³/mol. The van der Waals surface area contributed by atoms with Crippen LogP contribution in [0.3, 0.4) is 0 Å². The molecule has 0 radical (unpaired) electrons. The molecule has 174 valence electrons. The fraction of sp³-hybridized carbons (Fsp3) is 0.400. The summed E-state index contributed by atoms with van der Waals surface area (Å²) < 4.78 is 29.6. The Morgan fingerprint density at radius 2 is 1.76 bits per heavy atom. The summed E-state index contributed by atoms with van der Waals surface area (Å²) >= 11 is 0. The number of fused-ring (bicyclic) bond motifs is 1. The predicted octanol–water partition coefficient (Wildman–Crippen LogP) is 3.85. The molecular formula is C25H29FN4O3. The molecule has 1 fully saturated rings. The van der Waals surface area contributed by atoms with E-state index in [0.717, 1.165) is 86.6 Å². The second-order valence-corrected chi connectivity index (χ2v) is 8.42. The van der Waals surface area contributed by atoms with E-state index in [1.165, 1.54) is 12.1 Å². The number of anilines is 1. The molecule has 2 aliphatic rings. The van der Waals surface area contributed by atoms with Crippen LogP contribution in [0.2, 0.25) is 0 Å². The number of hydrogen-bond donors (Lipinski definition) is 0. The zero-order chi connectivity index (χ0) is 22.6.